The summed E-state index contributed by atoms with van der Waals surface area (Å²) in [6.45, 7) is 6.11. The molecule has 1 amide bonds. The zero-order valence-electron chi connectivity index (χ0n) is 15.8. The monoisotopic (exact) mass is 402 g/mol. The van der Waals surface area contributed by atoms with Crippen LogP contribution in [-0.2, 0) is 5.92 Å². The van der Waals surface area contributed by atoms with Crippen LogP contribution in [0.3, 0.4) is 0 Å². The summed E-state index contributed by atoms with van der Waals surface area (Å²) in [6, 6.07) is 4.89. The average molecular weight is 402 g/mol. The summed E-state index contributed by atoms with van der Waals surface area (Å²) in [5.41, 5.74) is 2.78. The first-order valence-corrected chi connectivity index (χ1v) is 9.80. The van der Waals surface area contributed by atoms with Gasteiger partial charge in [-0.3, -0.25) is 9.78 Å². The molecular weight excluding hydrogens is 382 g/mol. The summed E-state index contributed by atoms with van der Waals surface area (Å²) in [5, 5.41) is 4.04. The molecule has 1 aliphatic rings. The number of carbonyl (C=O) groups is 1. The van der Waals surface area contributed by atoms with Gasteiger partial charge in [-0.2, -0.15) is 8.78 Å². The lowest BCUT2D eigenvalue weighted by Gasteiger charge is -2.41. The van der Waals surface area contributed by atoms with Crippen molar-refractivity contribution in [3.8, 4) is 0 Å². The van der Waals surface area contributed by atoms with Crippen LogP contribution in [0.25, 0.3) is 10.2 Å². The number of fused-ring (bicyclic) bond motifs is 1. The lowest BCUT2D eigenvalue weighted by atomic mass is 10.1. The van der Waals surface area contributed by atoms with E-state index in [4.69, 9.17) is 0 Å². The van der Waals surface area contributed by atoms with E-state index in [9.17, 15) is 13.6 Å². The zero-order chi connectivity index (χ0) is 20.1. The number of carbonyl (C=O) groups excluding carboxylic acids is 1. The van der Waals surface area contributed by atoms with Crippen molar-refractivity contribution in [1.82, 2.24) is 15.3 Å². The van der Waals surface area contributed by atoms with Crippen molar-refractivity contribution >= 4 is 33.1 Å². The van der Waals surface area contributed by atoms with Gasteiger partial charge in [0.05, 0.1) is 22.8 Å². The fourth-order valence-corrected chi connectivity index (χ4v) is 4.16. The molecule has 0 saturated carbocycles. The first-order chi connectivity index (χ1) is 13.2. The highest BCUT2D eigenvalue weighted by Crippen LogP contribution is 2.29. The fourth-order valence-electron chi connectivity index (χ4n) is 3.19. The Kier molecular flexibility index (Phi) is 4.53. The zero-order valence-corrected chi connectivity index (χ0v) is 16.6. The molecule has 5 nitrogen and oxygen atoms in total. The van der Waals surface area contributed by atoms with Crippen molar-refractivity contribution in [2.75, 3.05) is 18.0 Å². The van der Waals surface area contributed by atoms with Crippen molar-refractivity contribution in [3.63, 3.8) is 0 Å². The highest BCUT2D eigenvalue weighted by atomic mass is 32.1. The summed E-state index contributed by atoms with van der Waals surface area (Å²) in [6.07, 6.45) is 3.28. The Hall–Kier alpha value is -2.61. The lowest BCUT2D eigenvalue weighted by Crippen LogP contribution is -2.59. The number of anilines is 1. The number of nitrogens with one attached hydrogen (secondary N) is 1. The van der Waals surface area contributed by atoms with E-state index in [1.165, 1.54) is 23.6 Å². The highest BCUT2D eigenvalue weighted by Gasteiger charge is 2.30. The second-order valence-electron chi connectivity index (χ2n) is 7.26. The summed E-state index contributed by atoms with van der Waals surface area (Å²) in [5.74, 6) is -3.05. The van der Waals surface area contributed by atoms with Crippen molar-refractivity contribution in [2.24, 2.45) is 0 Å². The minimum Gasteiger partial charge on any atom is -0.366 e. The van der Waals surface area contributed by atoms with Crippen LogP contribution in [-0.4, -0.2) is 35.0 Å². The Labute approximate surface area is 165 Å². The van der Waals surface area contributed by atoms with Crippen LogP contribution < -0.4 is 10.2 Å². The standard InChI is InChI=1S/C20H20F2N4OS/c1-11-7-24-19-15(12(11)2)6-16(28-19)18(27)25-13-9-26(10-13)14-4-5-17(23-8-14)20(3,21)22/h4-8,13H,9-10H2,1-3H3,(H,25,27). The van der Waals surface area contributed by atoms with Crippen LogP contribution in [0, 0.1) is 13.8 Å². The third-order valence-corrected chi connectivity index (χ3v) is 6.13. The molecule has 0 radical (unpaired) electrons. The number of alkyl halides is 2. The van der Waals surface area contributed by atoms with Gasteiger partial charge in [-0.05, 0) is 43.2 Å². The molecule has 1 aliphatic heterocycles. The molecule has 4 heterocycles. The Morgan fingerprint density at radius 2 is 2.00 bits per heavy atom. The largest absolute Gasteiger partial charge is 0.366 e. The number of amides is 1. The summed E-state index contributed by atoms with van der Waals surface area (Å²) >= 11 is 1.39. The van der Waals surface area contributed by atoms with E-state index < -0.39 is 5.92 Å². The molecule has 0 aliphatic carbocycles. The fraction of sp³-hybridized carbons (Fsp3) is 0.350. The van der Waals surface area contributed by atoms with Crippen molar-refractivity contribution in [3.05, 3.63) is 52.3 Å². The Morgan fingerprint density at radius 3 is 2.64 bits per heavy atom. The van der Waals surface area contributed by atoms with Gasteiger partial charge in [0.2, 0.25) is 0 Å². The SMILES string of the molecule is Cc1cnc2sc(C(=O)NC3CN(c4ccc(C(C)(F)F)nc4)C3)cc2c1C. The number of halogens is 2. The number of nitrogens with zero attached hydrogens (tertiary/aromatic N) is 3. The van der Waals surface area contributed by atoms with E-state index in [0.29, 0.717) is 18.0 Å². The number of thiophene rings is 1. The molecule has 28 heavy (non-hydrogen) atoms. The molecule has 1 saturated heterocycles. The molecule has 0 bridgehead atoms. The molecule has 3 aromatic rings. The van der Waals surface area contributed by atoms with E-state index in [2.05, 4.69) is 15.3 Å². The van der Waals surface area contributed by atoms with Gasteiger partial charge < -0.3 is 10.2 Å². The first kappa shape index (κ1) is 18.7. The number of aryl methyl sites for hydroxylation is 2. The maximum absolute atomic E-state index is 13.2. The lowest BCUT2D eigenvalue weighted by molar-refractivity contribution is 0.0128. The van der Waals surface area contributed by atoms with Crippen molar-refractivity contribution in [1.29, 1.82) is 0 Å². The maximum atomic E-state index is 13.2. The smallest absolute Gasteiger partial charge is 0.286 e. The molecule has 1 N–H and O–H groups in total. The predicted molar refractivity (Wildman–Crippen MR) is 106 cm³/mol. The number of pyridine rings is 2. The molecule has 146 valence electrons. The minimum atomic E-state index is -2.94. The van der Waals surface area contributed by atoms with Gasteiger partial charge in [0.1, 0.15) is 10.5 Å². The molecule has 4 rings (SSSR count). The minimum absolute atomic E-state index is 0.0146. The van der Waals surface area contributed by atoms with Gasteiger partial charge in [0, 0.05) is 31.6 Å². The summed E-state index contributed by atoms with van der Waals surface area (Å²) in [4.78, 5) is 24.3. The van der Waals surface area contributed by atoms with Crippen LogP contribution >= 0.6 is 11.3 Å². The van der Waals surface area contributed by atoms with E-state index in [-0.39, 0.29) is 17.6 Å². The molecule has 0 unspecified atom stereocenters. The first-order valence-electron chi connectivity index (χ1n) is 8.98. The Balaban J connectivity index is 1.38. The van der Waals surface area contributed by atoms with Crippen LogP contribution in [0.1, 0.15) is 33.4 Å². The second-order valence-corrected chi connectivity index (χ2v) is 8.29. The number of hydrogen-bond acceptors (Lipinski definition) is 5. The Morgan fingerprint density at radius 1 is 1.25 bits per heavy atom. The molecular formula is C20H20F2N4OS. The highest BCUT2D eigenvalue weighted by molar-refractivity contribution is 7.20. The molecule has 0 spiro atoms. The quantitative estimate of drug-likeness (QED) is 0.716. The molecule has 0 atom stereocenters. The number of rotatable bonds is 4. The topological polar surface area (TPSA) is 58.1 Å². The van der Waals surface area contributed by atoms with E-state index in [1.807, 2.05) is 31.0 Å². The predicted octanol–water partition coefficient (Wildman–Crippen LogP) is 4.04. The molecule has 3 aromatic heterocycles. The van der Waals surface area contributed by atoms with Crippen LogP contribution in [0.4, 0.5) is 14.5 Å². The third kappa shape index (κ3) is 3.44. The van der Waals surface area contributed by atoms with Crippen molar-refractivity contribution in [2.45, 2.75) is 32.7 Å². The third-order valence-electron chi connectivity index (χ3n) is 5.09. The molecule has 8 heteroatoms. The van der Waals surface area contributed by atoms with Gasteiger partial charge in [-0.1, -0.05) is 0 Å². The molecule has 0 aromatic carbocycles. The van der Waals surface area contributed by atoms with Crippen molar-refractivity contribution < 1.29 is 13.6 Å². The number of aromatic nitrogens is 2. The van der Waals surface area contributed by atoms with E-state index in [1.54, 1.807) is 6.07 Å². The van der Waals surface area contributed by atoms with Gasteiger partial charge in [-0.25, -0.2) is 4.98 Å². The van der Waals surface area contributed by atoms with Gasteiger partial charge >= 0.3 is 0 Å². The van der Waals surface area contributed by atoms with Crippen LogP contribution in [0.2, 0.25) is 0 Å². The normalized spacial score (nSPS) is 15.0. The number of hydrogen-bond donors (Lipinski definition) is 1. The second kappa shape index (κ2) is 6.77. The van der Waals surface area contributed by atoms with Gasteiger partial charge in [0.25, 0.3) is 11.8 Å². The van der Waals surface area contributed by atoms with Crippen LogP contribution in [0.5, 0.6) is 0 Å². The summed E-state index contributed by atoms with van der Waals surface area (Å²) < 4.78 is 26.5. The van der Waals surface area contributed by atoms with Gasteiger partial charge in [0.15, 0.2) is 0 Å². The van der Waals surface area contributed by atoms with Gasteiger partial charge in [-0.15, -0.1) is 11.3 Å². The average Bonchev–Trinajstić information content (AvgIpc) is 3.05. The van der Waals surface area contributed by atoms with Crippen LogP contribution in [0.15, 0.2) is 30.6 Å². The van der Waals surface area contributed by atoms with E-state index in [0.717, 1.165) is 34.0 Å². The molecule has 1 fully saturated rings. The summed E-state index contributed by atoms with van der Waals surface area (Å²) in [7, 11) is 0. The Bertz CT molecular complexity index is 1040. The maximum Gasteiger partial charge on any atom is 0.286 e. The van der Waals surface area contributed by atoms with E-state index >= 15 is 0 Å².